The van der Waals surface area contributed by atoms with Gasteiger partial charge in [-0.15, -0.1) is 0 Å². The Kier molecular flexibility index (Phi) is 3.51. The quantitative estimate of drug-likeness (QED) is 0.850. The molecule has 0 aromatic heterocycles. The van der Waals surface area contributed by atoms with Crippen molar-refractivity contribution in [3.63, 3.8) is 0 Å². The molecular weight excluding hydrogens is 236 g/mol. The highest BCUT2D eigenvalue weighted by molar-refractivity contribution is 7.89. The van der Waals surface area contributed by atoms with E-state index in [1.54, 1.807) is 18.2 Å². The first-order chi connectivity index (χ1) is 8.03. The lowest BCUT2D eigenvalue weighted by atomic mass is 9.94. The molecule has 0 spiro atoms. The standard InChI is InChI=1S/C12H18N2O2S/c1-9-7-12(6-5-10(9)8-13)17(15,16)14-11-3-2-4-11/h5-7,11,14H,2-4,8,13H2,1H3. The second kappa shape index (κ2) is 4.76. The molecule has 0 aliphatic heterocycles. The highest BCUT2D eigenvalue weighted by atomic mass is 32.2. The number of benzene rings is 1. The molecule has 1 aliphatic rings. The lowest BCUT2D eigenvalue weighted by Crippen LogP contribution is -2.39. The number of rotatable bonds is 4. The highest BCUT2D eigenvalue weighted by Gasteiger charge is 2.24. The summed E-state index contributed by atoms with van der Waals surface area (Å²) >= 11 is 0. The summed E-state index contributed by atoms with van der Waals surface area (Å²) in [7, 11) is -3.36. The van der Waals surface area contributed by atoms with Crippen molar-refractivity contribution in [2.45, 2.75) is 43.7 Å². The summed E-state index contributed by atoms with van der Waals surface area (Å²) in [5, 5.41) is 0. The number of hydrogen-bond acceptors (Lipinski definition) is 3. The van der Waals surface area contributed by atoms with E-state index >= 15 is 0 Å². The minimum Gasteiger partial charge on any atom is -0.326 e. The van der Waals surface area contributed by atoms with Gasteiger partial charge in [0.25, 0.3) is 0 Å². The summed E-state index contributed by atoms with van der Waals surface area (Å²) in [6, 6.07) is 5.21. The van der Waals surface area contributed by atoms with Crippen LogP contribution in [-0.4, -0.2) is 14.5 Å². The Morgan fingerprint density at radius 3 is 2.59 bits per heavy atom. The van der Waals surface area contributed by atoms with E-state index < -0.39 is 10.0 Å². The second-order valence-electron chi connectivity index (χ2n) is 4.54. The first-order valence-electron chi connectivity index (χ1n) is 5.85. The van der Waals surface area contributed by atoms with E-state index in [-0.39, 0.29) is 6.04 Å². The Balaban J connectivity index is 2.23. The third-order valence-corrected chi connectivity index (χ3v) is 4.79. The molecule has 1 fully saturated rings. The smallest absolute Gasteiger partial charge is 0.240 e. The first kappa shape index (κ1) is 12.5. The van der Waals surface area contributed by atoms with Gasteiger partial charge in [0.15, 0.2) is 0 Å². The van der Waals surface area contributed by atoms with E-state index in [1.807, 2.05) is 6.92 Å². The van der Waals surface area contributed by atoms with Crippen LogP contribution in [0.1, 0.15) is 30.4 Å². The molecule has 3 N–H and O–H groups in total. The lowest BCUT2D eigenvalue weighted by molar-refractivity contribution is 0.383. The van der Waals surface area contributed by atoms with E-state index in [0.29, 0.717) is 11.4 Å². The molecular formula is C12H18N2O2S. The van der Waals surface area contributed by atoms with Gasteiger partial charge in [0, 0.05) is 12.6 Å². The fourth-order valence-electron chi connectivity index (χ4n) is 1.88. The SMILES string of the molecule is Cc1cc(S(=O)(=O)NC2CCC2)ccc1CN. The molecule has 2 rings (SSSR count). The van der Waals surface area contributed by atoms with Crippen LogP contribution >= 0.6 is 0 Å². The minimum absolute atomic E-state index is 0.120. The van der Waals surface area contributed by atoms with Crippen LogP contribution < -0.4 is 10.5 Å². The Bertz CT molecular complexity index is 507. The van der Waals surface area contributed by atoms with Gasteiger partial charge in [0.2, 0.25) is 10.0 Å². The van der Waals surface area contributed by atoms with E-state index in [9.17, 15) is 8.42 Å². The molecule has 0 atom stereocenters. The predicted molar refractivity (Wildman–Crippen MR) is 67.0 cm³/mol. The molecule has 17 heavy (non-hydrogen) atoms. The van der Waals surface area contributed by atoms with Gasteiger partial charge < -0.3 is 5.73 Å². The van der Waals surface area contributed by atoms with Crippen molar-refractivity contribution >= 4 is 10.0 Å². The molecule has 0 bridgehead atoms. The van der Waals surface area contributed by atoms with Crippen molar-refractivity contribution in [1.82, 2.24) is 4.72 Å². The van der Waals surface area contributed by atoms with Gasteiger partial charge in [-0.25, -0.2) is 13.1 Å². The molecule has 5 heteroatoms. The van der Waals surface area contributed by atoms with Crippen LogP contribution in [0.5, 0.6) is 0 Å². The summed E-state index contributed by atoms with van der Waals surface area (Å²) in [4.78, 5) is 0.332. The summed E-state index contributed by atoms with van der Waals surface area (Å²) in [5.41, 5.74) is 7.46. The van der Waals surface area contributed by atoms with Crippen LogP contribution in [0.25, 0.3) is 0 Å². The second-order valence-corrected chi connectivity index (χ2v) is 6.26. The van der Waals surface area contributed by atoms with Crippen LogP contribution in [0, 0.1) is 6.92 Å². The van der Waals surface area contributed by atoms with Crippen LogP contribution in [0.15, 0.2) is 23.1 Å². The Hall–Kier alpha value is -0.910. The number of nitrogens with one attached hydrogen (secondary N) is 1. The fraction of sp³-hybridized carbons (Fsp3) is 0.500. The molecule has 1 aliphatic carbocycles. The van der Waals surface area contributed by atoms with Crippen molar-refractivity contribution in [2.24, 2.45) is 5.73 Å². The van der Waals surface area contributed by atoms with Gasteiger partial charge >= 0.3 is 0 Å². The topological polar surface area (TPSA) is 72.2 Å². The average molecular weight is 254 g/mol. The van der Waals surface area contributed by atoms with Crippen LogP contribution in [-0.2, 0) is 16.6 Å². The van der Waals surface area contributed by atoms with Crippen molar-refractivity contribution < 1.29 is 8.42 Å². The van der Waals surface area contributed by atoms with Crippen molar-refractivity contribution in [1.29, 1.82) is 0 Å². The van der Waals surface area contributed by atoms with Gasteiger partial charge in [-0.05, 0) is 43.0 Å². The molecule has 0 heterocycles. The van der Waals surface area contributed by atoms with E-state index in [1.165, 1.54) is 0 Å². The monoisotopic (exact) mass is 254 g/mol. The maximum Gasteiger partial charge on any atom is 0.240 e. The number of hydrogen-bond donors (Lipinski definition) is 2. The van der Waals surface area contributed by atoms with Crippen molar-refractivity contribution in [3.8, 4) is 0 Å². The largest absolute Gasteiger partial charge is 0.326 e. The van der Waals surface area contributed by atoms with Crippen LogP contribution in [0.3, 0.4) is 0 Å². The summed E-state index contributed by atoms with van der Waals surface area (Å²) < 4.78 is 26.8. The Morgan fingerprint density at radius 1 is 1.41 bits per heavy atom. The third kappa shape index (κ3) is 2.68. The van der Waals surface area contributed by atoms with Crippen molar-refractivity contribution in [3.05, 3.63) is 29.3 Å². The first-order valence-corrected chi connectivity index (χ1v) is 7.33. The summed E-state index contributed by atoms with van der Waals surface area (Å²) in [6.07, 6.45) is 3.00. The highest BCUT2D eigenvalue weighted by Crippen LogP contribution is 2.22. The molecule has 1 aromatic carbocycles. The predicted octanol–water partition coefficient (Wildman–Crippen LogP) is 1.28. The molecule has 0 saturated heterocycles. The molecule has 0 unspecified atom stereocenters. The minimum atomic E-state index is -3.36. The van der Waals surface area contributed by atoms with Gasteiger partial charge in [0.1, 0.15) is 0 Å². The van der Waals surface area contributed by atoms with E-state index in [2.05, 4.69) is 4.72 Å². The third-order valence-electron chi connectivity index (χ3n) is 3.27. The van der Waals surface area contributed by atoms with Gasteiger partial charge in [-0.3, -0.25) is 0 Å². The zero-order valence-corrected chi connectivity index (χ0v) is 10.8. The zero-order chi connectivity index (χ0) is 12.5. The average Bonchev–Trinajstić information content (AvgIpc) is 2.23. The zero-order valence-electron chi connectivity index (χ0n) is 9.94. The Labute approximate surface area is 102 Å². The van der Waals surface area contributed by atoms with E-state index in [4.69, 9.17) is 5.73 Å². The number of sulfonamides is 1. The Morgan fingerprint density at radius 2 is 2.12 bits per heavy atom. The molecule has 0 amide bonds. The normalized spacial score (nSPS) is 16.8. The number of nitrogens with two attached hydrogens (primary N) is 1. The lowest BCUT2D eigenvalue weighted by Gasteiger charge is -2.26. The maximum atomic E-state index is 12.0. The van der Waals surface area contributed by atoms with E-state index in [0.717, 1.165) is 30.4 Å². The van der Waals surface area contributed by atoms with Gasteiger partial charge in [0.05, 0.1) is 4.90 Å². The maximum absolute atomic E-state index is 12.0. The summed E-state index contributed by atoms with van der Waals surface area (Å²) in [6.45, 7) is 2.31. The number of aryl methyl sites for hydroxylation is 1. The van der Waals surface area contributed by atoms with Gasteiger partial charge in [-0.2, -0.15) is 0 Å². The molecule has 0 radical (unpaired) electrons. The van der Waals surface area contributed by atoms with Gasteiger partial charge in [-0.1, -0.05) is 12.5 Å². The molecule has 94 valence electrons. The van der Waals surface area contributed by atoms with Crippen LogP contribution in [0.2, 0.25) is 0 Å². The summed E-state index contributed by atoms with van der Waals surface area (Å²) in [5.74, 6) is 0. The van der Waals surface area contributed by atoms with Crippen molar-refractivity contribution in [2.75, 3.05) is 0 Å². The molecule has 1 saturated carbocycles. The molecule has 1 aromatic rings. The fourth-order valence-corrected chi connectivity index (χ4v) is 3.27. The van der Waals surface area contributed by atoms with Crippen LogP contribution in [0.4, 0.5) is 0 Å². The molecule has 4 nitrogen and oxygen atoms in total.